The Bertz CT molecular complexity index is 5270. The van der Waals surface area contributed by atoms with Gasteiger partial charge in [-0.1, -0.05) is 328 Å². The van der Waals surface area contributed by atoms with Crippen molar-refractivity contribution in [3.8, 4) is 27.9 Å². The molecule has 0 N–H and O–H groups in total. The molecule has 0 atom stereocenters. The highest BCUT2D eigenvalue weighted by Gasteiger charge is 2.48. The van der Waals surface area contributed by atoms with Crippen molar-refractivity contribution in [1.82, 2.24) is 4.57 Å². The molecule has 0 unspecified atom stereocenters. The number of para-hydroxylation sites is 2. The van der Waals surface area contributed by atoms with Gasteiger partial charge in [0.15, 0.2) is 16.1 Å². The molecule has 0 spiro atoms. The third kappa shape index (κ3) is 9.09. The molecule has 15 aromatic carbocycles. The summed E-state index contributed by atoms with van der Waals surface area (Å²) in [5, 5.41) is 13.1. The van der Waals surface area contributed by atoms with Crippen LogP contribution in [0.1, 0.15) is 0 Å². The van der Waals surface area contributed by atoms with Gasteiger partial charge < -0.3 is 14.4 Å². The van der Waals surface area contributed by atoms with Crippen LogP contribution in [0, 0.1) is 0 Å². The van der Waals surface area contributed by atoms with Crippen LogP contribution in [0.15, 0.2) is 388 Å². The van der Waals surface area contributed by atoms with Gasteiger partial charge in [-0.2, -0.15) is 0 Å². The van der Waals surface area contributed by atoms with Gasteiger partial charge in [-0.3, -0.25) is 0 Å². The van der Waals surface area contributed by atoms with Crippen molar-refractivity contribution in [2.75, 3.05) is 9.80 Å². The van der Waals surface area contributed by atoms with Gasteiger partial charge in [0.25, 0.3) is 6.71 Å². The first kappa shape index (κ1) is 56.9. The quantitative estimate of drug-likeness (QED) is 0.0842. The van der Waals surface area contributed by atoms with E-state index in [-0.39, 0.29) is 6.71 Å². The molecule has 0 saturated carbocycles. The molecule has 3 nitrogen and oxygen atoms in total. The number of hydrogen-bond donors (Lipinski definition) is 0. The molecule has 16 aromatic rings. The number of aromatic nitrogens is 1. The lowest BCUT2D eigenvalue weighted by Gasteiger charge is -2.45. The summed E-state index contributed by atoms with van der Waals surface area (Å²) >= 11 is 0. The molecule has 2 aliphatic rings. The van der Waals surface area contributed by atoms with Crippen LogP contribution in [0.3, 0.4) is 0 Å². The Balaban J connectivity index is 0.987. The van der Waals surface area contributed by atoms with Crippen LogP contribution in [0.25, 0.3) is 49.7 Å². The van der Waals surface area contributed by atoms with Crippen LogP contribution in [-0.4, -0.2) is 27.4 Å². The molecule has 0 fully saturated rings. The highest BCUT2D eigenvalue weighted by atomic mass is 28.3. The summed E-state index contributed by atoms with van der Waals surface area (Å²) in [5.74, 6) is 0. The van der Waals surface area contributed by atoms with E-state index in [4.69, 9.17) is 0 Å². The maximum Gasteiger partial charge on any atom is 0.252 e. The van der Waals surface area contributed by atoms with Gasteiger partial charge in [0, 0.05) is 44.9 Å². The van der Waals surface area contributed by atoms with Gasteiger partial charge in [-0.15, -0.1) is 0 Å². The summed E-state index contributed by atoms with van der Waals surface area (Å²) in [6, 6.07) is 147. The van der Waals surface area contributed by atoms with Gasteiger partial charge in [-0.05, 0) is 141 Å². The number of rotatable bonds is 13. The van der Waals surface area contributed by atoms with Crippen LogP contribution in [0.5, 0.6) is 0 Å². The number of anilines is 6. The standard InChI is InChI=1S/C90H64BN3Si2/c1-9-31-65(32-10-1)67-35-29-36-69(59-67)92-87-64-79(96(75-44-19-6-20-45-75,76-46-21-7-22-47-76)77-48-23-8-24-49-77)56-58-83(87)91-82-57-55-68(66-33-11-2-12-34-66)60-86(82)93(89-63-71(62-88(92)90(89)91)94-84-53-27-25-51-80(84)81-52-26-28-54-85(81)94)70-37-30-50-78(61-70)95(72-38-13-3-14-39-72,73-40-15-4-16-41-73)74-42-17-5-18-43-74/h1-64H. The zero-order valence-electron chi connectivity index (χ0n) is 52.9. The van der Waals surface area contributed by atoms with Crippen LogP contribution in [0.4, 0.5) is 34.1 Å². The van der Waals surface area contributed by atoms with Crippen molar-refractivity contribution in [3.05, 3.63) is 388 Å². The van der Waals surface area contributed by atoms with E-state index in [0.717, 1.165) is 62.0 Å². The fraction of sp³-hybridized carbons (Fsp3) is 0. The highest BCUT2D eigenvalue weighted by Crippen LogP contribution is 2.47. The summed E-state index contributed by atoms with van der Waals surface area (Å²) in [6.45, 7) is -0.188. The molecule has 3 heterocycles. The van der Waals surface area contributed by atoms with Gasteiger partial charge in [0.1, 0.15) is 0 Å². The van der Waals surface area contributed by atoms with Crippen molar-refractivity contribution in [3.63, 3.8) is 0 Å². The second-order valence-corrected chi connectivity index (χ2v) is 33.1. The summed E-state index contributed by atoms with van der Waals surface area (Å²) < 4.78 is 2.53. The molecule has 6 heteroatoms. The highest BCUT2D eigenvalue weighted by molar-refractivity contribution is 7.20. The van der Waals surface area contributed by atoms with E-state index in [1.807, 2.05) is 0 Å². The van der Waals surface area contributed by atoms with E-state index in [1.165, 1.54) is 79.8 Å². The van der Waals surface area contributed by atoms with Crippen LogP contribution < -0.4 is 67.7 Å². The van der Waals surface area contributed by atoms with E-state index in [1.54, 1.807) is 0 Å². The van der Waals surface area contributed by atoms with E-state index < -0.39 is 16.1 Å². The van der Waals surface area contributed by atoms with Crippen LogP contribution in [0.2, 0.25) is 0 Å². The van der Waals surface area contributed by atoms with Gasteiger partial charge in [0.05, 0.1) is 16.7 Å². The summed E-state index contributed by atoms with van der Waals surface area (Å²) in [5.41, 5.74) is 18.6. The zero-order chi connectivity index (χ0) is 63.6. The first-order valence-electron chi connectivity index (χ1n) is 33.3. The molecular weight excluding hydrogens is 1190 g/mol. The Hall–Kier alpha value is -11.8. The van der Waals surface area contributed by atoms with E-state index in [0.29, 0.717) is 0 Å². The average Bonchev–Trinajstić information content (AvgIpc) is 0.810. The minimum absolute atomic E-state index is 0.188. The Labute approximate surface area is 563 Å². The first-order valence-corrected chi connectivity index (χ1v) is 37.3. The first-order chi connectivity index (χ1) is 47.6. The molecule has 0 aliphatic carbocycles. The monoisotopic (exact) mass is 1250 g/mol. The molecule has 2 aliphatic heterocycles. The normalized spacial score (nSPS) is 12.5. The lowest BCUT2D eigenvalue weighted by Crippen LogP contribution is -2.75. The molecule has 450 valence electrons. The smallest absolute Gasteiger partial charge is 0.252 e. The van der Waals surface area contributed by atoms with Gasteiger partial charge >= 0.3 is 0 Å². The van der Waals surface area contributed by atoms with Crippen LogP contribution in [-0.2, 0) is 0 Å². The molecular formula is C90H64BN3Si2. The second-order valence-electron chi connectivity index (χ2n) is 25.4. The lowest BCUT2D eigenvalue weighted by molar-refractivity contribution is 1.16. The van der Waals surface area contributed by atoms with Crippen molar-refractivity contribution in [1.29, 1.82) is 0 Å². The largest absolute Gasteiger partial charge is 0.311 e. The second kappa shape index (κ2) is 23.6. The van der Waals surface area contributed by atoms with Gasteiger partial charge in [0.2, 0.25) is 0 Å². The lowest BCUT2D eigenvalue weighted by atomic mass is 9.33. The Morgan fingerprint density at radius 3 is 0.990 bits per heavy atom. The molecule has 96 heavy (non-hydrogen) atoms. The Kier molecular flexibility index (Phi) is 14.0. The Morgan fingerprint density at radius 1 is 0.208 bits per heavy atom. The fourth-order valence-corrected chi connectivity index (χ4v) is 25.9. The average molecular weight is 1250 g/mol. The third-order valence-corrected chi connectivity index (χ3v) is 30.0. The maximum absolute atomic E-state index is 3.09. The van der Waals surface area contributed by atoms with Crippen molar-refractivity contribution >= 4 is 137 Å². The van der Waals surface area contributed by atoms with Crippen molar-refractivity contribution in [2.45, 2.75) is 0 Å². The number of nitrogens with zero attached hydrogens (tertiary/aromatic N) is 3. The summed E-state index contributed by atoms with van der Waals surface area (Å²) in [6.07, 6.45) is 0. The number of hydrogen-bond acceptors (Lipinski definition) is 2. The summed E-state index contributed by atoms with van der Waals surface area (Å²) in [7, 11) is -6.14. The molecule has 0 saturated heterocycles. The molecule has 0 amide bonds. The predicted octanol–water partition coefficient (Wildman–Crippen LogP) is 15.0. The minimum Gasteiger partial charge on any atom is -0.311 e. The van der Waals surface area contributed by atoms with Crippen molar-refractivity contribution in [2.24, 2.45) is 0 Å². The fourth-order valence-electron chi connectivity index (χ4n) is 16.4. The molecule has 1 aromatic heterocycles. The Morgan fingerprint density at radius 2 is 0.542 bits per heavy atom. The number of fused-ring (bicyclic) bond motifs is 7. The molecule has 0 radical (unpaired) electrons. The van der Waals surface area contributed by atoms with E-state index in [2.05, 4.69) is 403 Å². The third-order valence-electron chi connectivity index (χ3n) is 20.4. The van der Waals surface area contributed by atoms with Gasteiger partial charge in [-0.25, -0.2) is 0 Å². The maximum atomic E-state index is 2.65. The van der Waals surface area contributed by atoms with Crippen molar-refractivity contribution < 1.29 is 0 Å². The molecule has 18 rings (SSSR count). The molecule has 0 bridgehead atoms. The zero-order valence-corrected chi connectivity index (χ0v) is 54.9. The minimum atomic E-state index is -3.09. The SMILES string of the molecule is c1ccc(-c2cccc(N3c4cc([Si](c5ccccc5)(c5ccccc5)c5ccccc5)ccc4B4c5ccc(-c6ccccc6)cc5N(c5cccc([Si](c6ccccc6)(c6ccccc6)c6ccccc6)c5)c5cc(-n6c7ccccc7c7ccccc76)cc3c54)c2)cc1. The predicted molar refractivity (Wildman–Crippen MR) is 413 cm³/mol. The van der Waals surface area contributed by atoms with E-state index >= 15 is 0 Å². The summed E-state index contributed by atoms with van der Waals surface area (Å²) in [4.78, 5) is 5.29. The van der Waals surface area contributed by atoms with Crippen LogP contribution >= 0.6 is 0 Å². The topological polar surface area (TPSA) is 11.4 Å². The number of benzene rings is 15. The van der Waals surface area contributed by atoms with E-state index in [9.17, 15) is 0 Å².